The maximum Gasteiger partial charge on any atom is 0.128 e. The Hall–Kier alpha value is -1.26. The first kappa shape index (κ1) is 16.8. The van der Waals surface area contributed by atoms with Crippen LogP contribution in [0.25, 0.3) is 0 Å². The summed E-state index contributed by atoms with van der Waals surface area (Å²) in [5, 5.41) is 18.0. The third-order valence-electron chi connectivity index (χ3n) is 2.99. The summed E-state index contributed by atoms with van der Waals surface area (Å²) in [4.78, 5) is 0. The van der Waals surface area contributed by atoms with Crippen molar-refractivity contribution < 1.29 is 19.7 Å². The lowest BCUT2D eigenvalue weighted by atomic mass is 10.2. The maximum absolute atomic E-state index is 9.31. The van der Waals surface area contributed by atoms with Crippen molar-refractivity contribution in [3.63, 3.8) is 0 Å². The van der Waals surface area contributed by atoms with Crippen LogP contribution in [0.4, 0.5) is 0 Å². The molecule has 0 saturated carbocycles. The van der Waals surface area contributed by atoms with E-state index < -0.39 is 0 Å². The molecule has 0 aromatic heterocycles. The minimum atomic E-state index is -0.0338. The van der Waals surface area contributed by atoms with Gasteiger partial charge in [0.15, 0.2) is 0 Å². The largest absolute Gasteiger partial charge is 0.493 e. The van der Waals surface area contributed by atoms with Gasteiger partial charge in [-0.05, 0) is 37.8 Å². The van der Waals surface area contributed by atoms with Gasteiger partial charge in [-0.15, -0.1) is 0 Å². The van der Waals surface area contributed by atoms with Crippen LogP contribution in [0.2, 0.25) is 0 Å². The number of aliphatic hydroxyl groups excluding tert-OH is 2. The third kappa shape index (κ3) is 6.26. The Kier molecular flexibility index (Phi) is 8.83. The van der Waals surface area contributed by atoms with E-state index in [-0.39, 0.29) is 13.2 Å². The number of benzene rings is 1. The zero-order valence-corrected chi connectivity index (χ0v) is 12.3. The topological polar surface area (TPSA) is 58.9 Å². The predicted molar refractivity (Wildman–Crippen MR) is 79.2 cm³/mol. The van der Waals surface area contributed by atoms with Crippen LogP contribution in [0.3, 0.4) is 0 Å². The Bertz CT molecular complexity index is 365. The maximum atomic E-state index is 9.31. The lowest BCUT2D eigenvalue weighted by molar-refractivity contribution is 0.254. The molecule has 0 aliphatic heterocycles. The molecular weight excluding hydrogens is 256 g/mol. The van der Waals surface area contributed by atoms with Crippen LogP contribution in [-0.4, -0.2) is 30.0 Å². The molecule has 2 N–H and O–H groups in total. The number of rotatable bonds is 11. The molecule has 1 rings (SSSR count). The SMILES string of the molecule is CCCOc1ccc(CO)c(OCCCCCCO)c1. The molecule has 0 aliphatic rings. The molecule has 0 bridgehead atoms. The molecule has 1 aromatic rings. The summed E-state index contributed by atoms with van der Waals surface area (Å²) >= 11 is 0. The molecule has 1 aromatic carbocycles. The quantitative estimate of drug-likeness (QED) is 0.613. The zero-order valence-electron chi connectivity index (χ0n) is 12.3. The first-order valence-corrected chi connectivity index (χ1v) is 7.42. The summed E-state index contributed by atoms with van der Waals surface area (Å²) in [6.45, 7) is 3.58. The lowest BCUT2D eigenvalue weighted by Crippen LogP contribution is -2.02. The molecule has 114 valence electrons. The first-order chi connectivity index (χ1) is 9.81. The average molecular weight is 282 g/mol. The normalized spacial score (nSPS) is 10.6. The molecule has 0 fully saturated rings. The summed E-state index contributed by atoms with van der Waals surface area (Å²) < 4.78 is 11.3. The Morgan fingerprint density at radius 1 is 0.950 bits per heavy atom. The summed E-state index contributed by atoms with van der Waals surface area (Å²) in [5.41, 5.74) is 0.782. The second-order valence-corrected chi connectivity index (χ2v) is 4.76. The summed E-state index contributed by atoms with van der Waals surface area (Å²) in [6, 6.07) is 5.54. The molecule has 0 heterocycles. The van der Waals surface area contributed by atoms with Crippen LogP contribution in [0.5, 0.6) is 11.5 Å². The van der Waals surface area contributed by atoms with E-state index in [1.54, 1.807) is 0 Å². The lowest BCUT2D eigenvalue weighted by Gasteiger charge is -2.12. The van der Waals surface area contributed by atoms with Gasteiger partial charge in [-0.1, -0.05) is 13.3 Å². The van der Waals surface area contributed by atoms with E-state index >= 15 is 0 Å². The van der Waals surface area contributed by atoms with Crippen molar-refractivity contribution in [1.82, 2.24) is 0 Å². The van der Waals surface area contributed by atoms with E-state index in [2.05, 4.69) is 6.92 Å². The zero-order chi connectivity index (χ0) is 14.6. The minimum absolute atomic E-state index is 0.0338. The highest BCUT2D eigenvalue weighted by Gasteiger charge is 2.05. The molecule has 0 aliphatic carbocycles. The average Bonchev–Trinajstić information content (AvgIpc) is 2.48. The van der Waals surface area contributed by atoms with E-state index in [0.717, 1.165) is 43.4 Å². The fourth-order valence-corrected chi connectivity index (χ4v) is 1.86. The second kappa shape index (κ2) is 10.5. The van der Waals surface area contributed by atoms with Crippen molar-refractivity contribution in [3.8, 4) is 11.5 Å². The van der Waals surface area contributed by atoms with E-state index in [9.17, 15) is 5.11 Å². The van der Waals surface area contributed by atoms with Crippen molar-refractivity contribution in [2.75, 3.05) is 19.8 Å². The monoisotopic (exact) mass is 282 g/mol. The number of unbranched alkanes of at least 4 members (excludes halogenated alkanes) is 3. The Morgan fingerprint density at radius 2 is 1.75 bits per heavy atom. The van der Waals surface area contributed by atoms with Gasteiger partial charge in [0.1, 0.15) is 11.5 Å². The van der Waals surface area contributed by atoms with Crippen LogP contribution in [0.15, 0.2) is 18.2 Å². The molecule has 0 spiro atoms. The molecule has 20 heavy (non-hydrogen) atoms. The Morgan fingerprint density at radius 3 is 2.45 bits per heavy atom. The van der Waals surface area contributed by atoms with Gasteiger partial charge < -0.3 is 19.7 Å². The van der Waals surface area contributed by atoms with Crippen LogP contribution < -0.4 is 9.47 Å². The van der Waals surface area contributed by atoms with E-state index in [1.165, 1.54) is 0 Å². The van der Waals surface area contributed by atoms with Crippen molar-refractivity contribution in [3.05, 3.63) is 23.8 Å². The summed E-state index contributed by atoms with van der Waals surface area (Å²) in [7, 11) is 0. The molecule has 0 unspecified atom stereocenters. The van der Waals surface area contributed by atoms with Gasteiger partial charge in [0.2, 0.25) is 0 Å². The molecule has 0 radical (unpaired) electrons. The molecule has 4 nitrogen and oxygen atoms in total. The Balaban J connectivity index is 2.44. The molecule has 0 atom stereocenters. The molecule has 4 heteroatoms. The minimum Gasteiger partial charge on any atom is -0.493 e. The molecule has 0 amide bonds. The highest BCUT2D eigenvalue weighted by Crippen LogP contribution is 2.25. The van der Waals surface area contributed by atoms with Crippen LogP contribution in [0, 0.1) is 0 Å². The van der Waals surface area contributed by atoms with Gasteiger partial charge in [-0.3, -0.25) is 0 Å². The van der Waals surface area contributed by atoms with Crippen LogP contribution in [0.1, 0.15) is 44.6 Å². The fourth-order valence-electron chi connectivity index (χ4n) is 1.86. The molecular formula is C16H26O4. The third-order valence-corrected chi connectivity index (χ3v) is 2.99. The van der Waals surface area contributed by atoms with Gasteiger partial charge in [0.25, 0.3) is 0 Å². The summed E-state index contributed by atoms with van der Waals surface area (Å²) in [5.74, 6) is 1.47. The van der Waals surface area contributed by atoms with E-state index in [0.29, 0.717) is 19.0 Å². The standard InChI is InChI=1S/C16H26O4/c1-2-10-19-15-8-7-14(13-18)16(12-15)20-11-6-4-3-5-9-17/h7-8,12,17-18H,2-6,9-11,13H2,1H3. The number of ether oxygens (including phenoxy) is 2. The van der Waals surface area contributed by atoms with Gasteiger partial charge in [-0.25, -0.2) is 0 Å². The highest BCUT2D eigenvalue weighted by molar-refractivity contribution is 5.40. The second-order valence-electron chi connectivity index (χ2n) is 4.76. The smallest absolute Gasteiger partial charge is 0.128 e. The number of hydrogen-bond acceptors (Lipinski definition) is 4. The van der Waals surface area contributed by atoms with Crippen molar-refractivity contribution in [2.24, 2.45) is 0 Å². The van der Waals surface area contributed by atoms with E-state index in [4.69, 9.17) is 14.6 Å². The predicted octanol–water partition coefficient (Wildman–Crippen LogP) is 2.90. The van der Waals surface area contributed by atoms with Crippen molar-refractivity contribution in [1.29, 1.82) is 0 Å². The highest BCUT2D eigenvalue weighted by atomic mass is 16.5. The first-order valence-electron chi connectivity index (χ1n) is 7.42. The van der Waals surface area contributed by atoms with Crippen LogP contribution in [-0.2, 0) is 6.61 Å². The summed E-state index contributed by atoms with van der Waals surface area (Å²) in [6.07, 6.45) is 4.82. The number of hydrogen-bond donors (Lipinski definition) is 2. The Labute approximate surface area is 121 Å². The van der Waals surface area contributed by atoms with Gasteiger partial charge in [0, 0.05) is 18.2 Å². The van der Waals surface area contributed by atoms with Crippen LogP contribution >= 0.6 is 0 Å². The van der Waals surface area contributed by atoms with Gasteiger partial charge >= 0.3 is 0 Å². The fraction of sp³-hybridized carbons (Fsp3) is 0.625. The van der Waals surface area contributed by atoms with Gasteiger partial charge in [0.05, 0.1) is 19.8 Å². The van der Waals surface area contributed by atoms with E-state index in [1.807, 2.05) is 18.2 Å². The number of aliphatic hydroxyl groups is 2. The molecule has 0 saturated heterocycles. The van der Waals surface area contributed by atoms with Crippen molar-refractivity contribution in [2.45, 2.75) is 45.6 Å². The van der Waals surface area contributed by atoms with Crippen molar-refractivity contribution >= 4 is 0 Å². The van der Waals surface area contributed by atoms with Gasteiger partial charge in [-0.2, -0.15) is 0 Å².